The predicted octanol–water partition coefficient (Wildman–Crippen LogP) is 4.85. The highest BCUT2D eigenvalue weighted by Crippen LogP contribution is 2.26. The number of rotatable bonds is 3. The smallest absolute Gasteiger partial charge is 0.0714 e. The molecule has 0 spiro atoms. The minimum atomic E-state index is 0.720. The summed E-state index contributed by atoms with van der Waals surface area (Å²) in [5.74, 6) is 0. The maximum atomic E-state index is 6.09. The largest absolute Gasteiger partial charge is 0.256 e. The number of hydrogen-bond acceptors (Lipinski definition) is 2. The molecule has 0 bridgehead atoms. The van der Waals surface area contributed by atoms with Gasteiger partial charge in [-0.15, -0.1) is 0 Å². The second kappa shape index (κ2) is 5.81. The van der Waals surface area contributed by atoms with E-state index in [1.807, 2.05) is 50.2 Å². The molecule has 96 valence electrons. The molecule has 19 heavy (non-hydrogen) atoms. The Morgan fingerprint density at radius 3 is 2.68 bits per heavy atom. The monoisotopic (exact) mass is 270 g/mol. The van der Waals surface area contributed by atoms with Crippen LogP contribution in [-0.2, 0) is 0 Å². The van der Waals surface area contributed by atoms with Crippen LogP contribution in [0.4, 0.5) is 5.69 Å². The van der Waals surface area contributed by atoms with Crippen molar-refractivity contribution >= 4 is 28.6 Å². The molecule has 0 amide bonds. The van der Waals surface area contributed by atoms with Crippen LogP contribution >= 0.6 is 11.6 Å². The topological polar surface area (TPSA) is 25.2 Å². The standard InChI is InChI=1S/C16H15ClN2/c1-11(15-8-4-5-10-18-15)13(3)19-16-9-6-7-14(17)12(16)2/h4-10H,1H2,2-3H3. The lowest BCUT2D eigenvalue weighted by molar-refractivity contribution is 1.28. The van der Waals surface area contributed by atoms with Gasteiger partial charge in [0.05, 0.1) is 11.4 Å². The minimum absolute atomic E-state index is 0.720. The van der Waals surface area contributed by atoms with Crippen LogP contribution < -0.4 is 0 Å². The van der Waals surface area contributed by atoms with Crippen LogP contribution in [0.1, 0.15) is 18.2 Å². The lowest BCUT2D eigenvalue weighted by atomic mass is 10.1. The van der Waals surface area contributed by atoms with E-state index in [4.69, 9.17) is 11.6 Å². The van der Waals surface area contributed by atoms with Crippen molar-refractivity contribution in [2.75, 3.05) is 0 Å². The first kappa shape index (κ1) is 13.5. The van der Waals surface area contributed by atoms with Gasteiger partial charge in [-0.25, -0.2) is 0 Å². The number of hydrogen-bond donors (Lipinski definition) is 0. The van der Waals surface area contributed by atoms with Crippen molar-refractivity contribution in [2.24, 2.45) is 4.99 Å². The van der Waals surface area contributed by atoms with Gasteiger partial charge in [-0.3, -0.25) is 9.98 Å². The Labute approximate surface area is 118 Å². The van der Waals surface area contributed by atoms with Gasteiger partial charge in [0.15, 0.2) is 0 Å². The Bertz CT molecular complexity index is 630. The van der Waals surface area contributed by atoms with E-state index in [2.05, 4.69) is 16.6 Å². The van der Waals surface area contributed by atoms with Gasteiger partial charge in [0.2, 0.25) is 0 Å². The fourth-order valence-electron chi connectivity index (χ4n) is 1.69. The number of allylic oxidation sites excluding steroid dienone is 1. The molecule has 0 fully saturated rings. The van der Waals surface area contributed by atoms with E-state index in [9.17, 15) is 0 Å². The van der Waals surface area contributed by atoms with Crippen LogP contribution in [0.5, 0.6) is 0 Å². The first-order valence-corrected chi connectivity index (χ1v) is 6.38. The molecule has 2 rings (SSSR count). The summed E-state index contributed by atoms with van der Waals surface area (Å²) < 4.78 is 0. The molecular formula is C16H15ClN2. The fourth-order valence-corrected chi connectivity index (χ4v) is 1.86. The molecule has 2 nitrogen and oxygen atoms in total. The highest BCUT2D eigenvalue weighted by atomic mass is 35.5. The summed E-state index contributed by atoms with van der Waals surface area (Å²) in [6.45, 7) is 7.93. The van der Waals surface area contributed by atoms with Crippen molar-refractivity contribution in [3.63, 3.8) is 0 Å². The molecule has 1 heterocycles. The Kier molecular flexibility index (Phi) is 4.13. The Balaban J connectivity index is 2.34. The zero-order valence-electron chi connectivity index (χ0n) is 11.0. The molecule has 0 aliphatic heterocycles. The van der Waals surface area contributed by atoms with Crippen LogP contribution in [-0.4, -0.2) is 10.7 Å². The summed E-state index contributed by atoms with van der Waals surface area (Å²) in [5, 5.41) is 0.720. The summed E-state index contributed by atoms with van der Waals surface area (Å²) in [7, 11) is 0. The second-order valence-corrected chi connectivity index (χ2v) is 4.68. The molecular weight excluding hydrogens is 256 g/mol. The molecule has 0 aliphatic rings. The zero-order chi connectivity index (χ0) is 13.8. The summed E-state index contributed by atoms with van der Waals surface area (Å²) in [4.78, 5) is 8.86. The van der Waals surface area contributed by atoms with Crippen LogP contribution in [0, 0.1) is 6.92 Å². The summed E-state index contributed by atoms with van der Waals surface area (Å²) >= 11 is 6.09. The number of aromatic nitrogens is 1. The van der Waals surface area contributed by atoms with Gasteiger partial charge < -0.3 is 0 Å². The van der Waals surface area contributed by atoms with E-state index in [1.165, 1.54) is 0 Å². The molecule has 1 aromatic carbocycles. The average Bonchev–Trinajstić information content (AvgIpc) is 2.44. The van der Waals surface area contributed by atoms with Gasteiger partial charge in [-0.05, 0) is 43.7 Å². The van der Waals surface area contributed by atoms with Crippen LogP contribution in [0.2, 0.25) is 5.02 Å². The van der Waals surface area contributed by atoms with Crippen LogP contribution in [0.15, 0.2) is 54.2 Å². The van der Waals surface area contributed by atoms with Crippen molar-refractivity contribution in [3.05, 3.63) is 65.5 Å². The molecule has 0 aliphatic carbocycles. The third-order valence-corrected chi connectivity index (χ3v) is 3.35. The van der Waals surface area contributed by atoms with E-state index < -0.39 is 0 Å². The molecule has 1 aromatic heterocycles. The molecule has 2 aromatic rings. The maximum absolute atomic E-state index is 6.09. The van der Waals surface area contributed by atoms with E-state index in [0.717, 1.165) is 33.3 Å². The number of halogens is 1. The predicted molar refractivity (Wildman–Crippen MR) is 82.2 cm³/mol. The minimum Gasteiger partial charge on any atom is -0.256 e. The average molecular weight is 271 g/mol. The number of pyridine rings is 1. The van der Waals surface area contributed by atoms with Gasteiger partial charge in [0.1, 0.15) is 0 Å². The summed E-state index contributed by atoms with van der Waals surface area (Å²) in [6.07, 6.45) is 1.75. The highest BCUT2D eigenvalue weighted by Gasteiger charge is 2.06. The molecule has 0 unspecified atom stereocenters. The lowest BCUT2D eigenvalue weighted by Gasteiger charge is -2.07. The molecule has 0 saturated heterocycles. The van der Waals surface area contributed by atoms with Crippen molar-refractivity contribution < 1.29 is 0 Å². The number of aliphatic imine (C=N–C) groups is 1. The Morgan fingerprint density at radius 1 is 1.21 bits per heavy atom. The first-order valence-electron chi connectivity index (χ1n) is 6.00. The molecule has 0 radical (unpaired) electrons. The number of benzene rings is 1. The van der Waals surface area contributed by atoms with Crippen LogP contribution in [0.3, 0.4) is 0 Å². The molecule has 0 N–H and O–H groups in total. The fraction of sp³-hybridized carbons (Fsp3) is 0.125. The normalized spacial score (nSPS) is 11.4. The van der Waals surface area contributed by atoms with E-state index >= 15 is 0 Å². The Hall–Kier alpha value is -1.93. The van der Waals surface area contributed by atoms with E-state index in [0.29, 0.717) is 0 Å². The highest BCUT2D eigenvalue weighted by molar-refractivity contribution is 6.31. The quantitative estimate of drug-likeness (QED) is 0.732. The summed E-state index contributed by atoms with van der Waals surface area (Å²) in [5.41, 5.74) is 4.33. The van der Waals surface area contributed by atoms with Gasteiger partial charge in [0.25, 0.3) is 0 Å². The lowest BCUT2D eigenvalue weighted by Crippen LogP contribution is -1.97. The van der Waals surface area contributed by atoms with Gasteiger partial charge in [-0.2, -0.15) is 0 Å². The zero-order valence-corrected chi connectivity index (χ0v) is 11.8. The third kappa shape index (κ3) is 3.09. The first-order chi connectivity index (χ1) is 9.09. The second-order valence-electron chi connectivity index (χ2n) is 4.27. The van der Waals surface area contributed by atoms with Crippen molar-refractivity contribution in [1.82, 2.24) is 4.98 Å². The van der Waals surface area contributed by atoms with Crippen LogP contribution in [0.25, 0.3) is 5.57 Å². The van der Waals surface area contributed by atoms with Crippen molar-refractivity contribution in [3.8, 4) is 0 Å². The molecule has 3 heteroatoms. The van der Waals surface area contributed by atoms with Crippen molar-refractivity contribution in [2.45, 2.75) is 13.8 Å². The Morgan fingerprint density at radius 2 is 2.00 bits per heavy atom. The van der Waals surface area contributed by atoms with Crippen molar-refractivity contribution in [1.29, 1.82) is 0 Å². The summed E-state index contributed by atoms with van der Waals surface area (Å²) in [6, 6.07) is 11.4. The van der Waals surface area contributed by atoms with E-state index in [-0.39, 0.29) is 0 Å². The SMILES string of the molecule is C=C(C(C)=Nc1cccc(Cl)c1C)c1ccccn1. The number of nitrogens with zero attached hydrogens (tertiary/aromatic N) is 2. The van der Waals surface area contributed by atoms with Gasteiger partial charge in [0, 0.05) is 22.5 Å². The maximum Gasteiger partial charge on any atom is 0.0714 e. The van der Waals surface area contributed by atoms with E-state index in [1.54, 1.807) is 6.20 Å². The third-order valence-electron chi connectivity index (χ3n) is 2.94. The molecule has 0 atom stereocenters. The van der Waals surface area contributed by atoms with Gasteiger partial charge >= 0.3 is 0 Å². The van der Waals surface area contributed by atoms with Gasteiger partial charge in [-0.1, -0.05) is 30.3 Å². The molecule has 0 saturated carbocycles.